The summed E-state index contributed by atoms with van der Waals surface area (Å²) >= 11 is 0. The minimum atomic E-state index is -0.655. The fraction of sp³-hybridized carbons (Fsp3) is 0.500. The van der Waals surface area contributed by atoms with Crippen LogP contribution in [0.5, 0.6) is 0 Å². The maximum atomic E-state index is 14.7. The summed E-state index contributed by atoms with van der Waals surface area (Å²) in [5, 5.41) is 0. The maximum absolute atomic E-state index is 14.7. The van der Waals surface area contributed by atoms with E-state index in [4.69, 9.17) is 0 Å². The third-order valence-corrected chi connectivity index (χ3v) is 6.93. The number of benzene rings is 2. The average molecular weight is 467 g/mol. The van der Waals surface area contributed by atoms with Crippen molar-refractivity contribution in [3.63, 3.8) is 0 Å². The minimum absolute atomic E-state index is 0. The third kappa shape index (κ3) is 5.87. The molecular weight excluding hydrogens is 436 g/mol. The molecule has 0 unspecified atom stereocenters. The second-order valence-electron chi connectivity index (χ2n) is 8.96. The van der Waals surface area contributed by atoms with Crippen LogP contribution in [0.1, 0.15) is 92.4 Å². The predicted octanol–water partition coefficient (Wildman–Crippen LogP) is 4.72. The fourth-order valence-electron chi connectivity index (χ4n) is 5.01. The van der Waals surface area contributed by atoms with Crippen LogP contribution in [0.15, 0.2) is 36.4 Å². The van der Waals surface area contributed by atoms with Gasteiger partial charge in [0.05, 0.1) is 0 Å². The molecule has 2 fully saturated rings. The normalized spacial score (nSPS) is 22.9. The average Bonchev–Trinajstić information content (AvgIpc) is 2.73. The van der Waals surface area contributed by atoms with Crippen molar-refractivity contribution in [2.24, 2.45) is 5.92 Å². The summed E-state index contributed by atoms with van der Waals surface area (Å²) in [6.07, 6.45) is 11.7. The summed E-state index contributed by atoms with van der Waals surface area (Å²) in [7, 11) is 0. The van der Waals surface area contributed by atoms with Crippen molar-refractivity contribution in [2.75, 3.05) is 0 Å². The van der Waals surface area contributed by atoms with Gasteiger partial charge in [-0.2, -0.15) is 12.8 Å². The van der Waals surface area contributed by atoms with Gasteiger partial charge in [0.25, 0.3) is 0 Å². The third-order valence-electron chi connectivity index (χ3n) is 6.93. The van der Waals surface area contributed by atoms with Crippen LogP contribution in [0.25, 0.3) is 0 Å². The summed E-state index contributed by atoms with van der Waals surface area (Å²) in [5.41, 5.74) is 3.47. The van der Waals surface area contributed by atoms with Crippen molar-refractivity contribution in [3.8, 4) is 0 Å². The van der Waals surface area contributed by atoms with Gasteiger partial charge in [-0.15, -0.1) is 0 Å². The molecule has 0 nitrogen and oxygen atoms in total. The molecule has 2 aliphatic carbocycles. The molecule has 4 rings (SSSR count). The number of hydrogen-bond acceptors (Lipinski definition) is 0. The monoisotopic (exact) mass is 466 g/mol. The molecule has 2 saturated carbocycles. The van der Waals surface area contributed by atoms with Crippen LogP contribution in [0.4, 0.5) is 8.78 Å². The van der Waals surface area contributed by atoms with Crippen LogP contribution in [0.2, 0.25) is 0 Å². The molecule has 0 saturated heterocycles. The Hall–Kier alpha value is 0.105. The van der Waals surface area contributed by atoms with Gasteiger partial charge < -0.3 is 6.42 Å². The number of rotatable bonds is 4. The predicted molar refractivity (Wildman–Crippen MR) is 111 cm³/mol. The molecule has 2 aliphatic rings. The van der Waals surface area contributed by atoms with Crippen LogP contribution < -0.4 is 58.2 Å². The molecule has 3 heteroatoms. The Morgan fingerprint density at radius 2 is 1.45 bits per heavy atom. The molecule has 0 aromatic heterocycles. The topological polar surface area (TPSA) is 0 Å². The first kappa shape index (κ1) is 23.8. The number of hydrogen-bond donors (Lipinski definition) is 0. The Kier molecular flexibility index (Phi) is 9.11. The Balaban J connectivity index is 0.00000240. The fourth-order valence-corrected chi connectivity index (χ4v) is 5.01. The van der Waals surface area contributed by atoms with E-state index in [0.717, 1.165) is 37.2 Å². The molecule has 2 aromatic carbocycles. The first-order chi connectivity index (χ1) is 13.6. The Bertz CT molecular complexity index is 785. The van der Waals surface area contributed by atoms with Crippen molar-refractivity contribution < 1.29 is 67.0 Å². The van der Waals surface area contributed by atoms with Gasteiger partial charge in [0, 0.05) is 6.42 Å². The summed E-state index contributed by atoms with van der Waals surface area (Å²) in [4.78, 5) is 0. The zero-order valence-electron chi connectivity index (χ0n) is 17.9. The molecule has 0 N–H and O–H groups in total. The van der Waals surface area contributed by atoms with E-state index in [0.29, 0.717) is 23.5 Å². The molecule has 0 aliphatic heterocycles. The van der Waals surface area contributed by atoms with Gasteiger partial charge in [0.15, 0.2) is 11.6 Å². The first-order valence-corrected chi connectivity index (χ1v) is 11.0. The van der Waals surface area contributed by atoms with Crippen LogP contribution in [0.3, 0.4) is 0 Å². The van der Waals surface area contributed by atoms with Crippen molar-refractivity contribution in [1.82, 2.24) is 0 Å². The molecule has 0 atom stereocenters. The second-order valence-corrected chi connectivity index (χ2v) is 8.96. The maximum Gasteiger partial charge on any atom is 1.00 e. The molecule has 0 spiro atoms. The van der Waals surface area contributed by atoms with Crippen molar-refractivity contribution in [3.05, 3.63) is 76.7 Å². The van der Waals surface area contributed by atoms with E-state index >= 15 is 0 Å². The Morgan fingerprint density at radius 3 is 2.10 bits per heavy atom. The number of halogens is 2. The van der Waals surface area contributed by atoms with E-state index in [-0.39, 0.29) is 64.1 Å². The molecule has 0 heterocycles. The largest absolute Gasteiger partial charge is 1.00 e. The molecule has 29 heavy (non-hydrogen) atoms. The van der Waals surface area contributed by atoms with Crippen molar-refractivity contribution in [1.29, 1.82) is 0 Å². The molecule has 150 valence electrons. The Morgan fingerprint density at radius 1 is 0.793 bits per heavy atom. The van der Waals surface area contributed by atoms with E-state index in [2.05, 4.69) is 37.6 Å². The SMILES string of the molecule is CC1CCC(c2ccc(Cc3ccc(C4CC[CH-]CC4)c(F)c3F)cc2)CC1.[Rb+]. The zero-order chi connectivity index (χ0) is 19.5. The summed E-state index contributed by atoms with van der Waals surface area (Å²) in [5.74, 6) is 0.385. The molecular formula is C26H31F2Rb. The second kappa shape index (κ2) is 11.1. The van der Waals surface area contributed by atoms with E-state index in [1.807, 2.05) is 6.07 Å². The summed E-state index contributed by atoms with van der Waals surface area (Å²) < 4.78 is 29.4. The van der Waals surface area contributed by atoms with Crippen molar-refractivity contribution >= 4 is 0 Å². The van der Waals surface area contributed by atoms with E-state index < -0.39 is 11.6 Å². The first-order valence-electron chi connectivity index (χ1n) is 11.0. The Labute approximate surface area is 223 Å². The van der Waals surface area contributed by atoms with Crippen LogP contribution in [0, 0.1) is 24.0 Å². The quantitative estimate of drug-likeness (QED) is 0.572. The van der Waals surface area contributed by atoms with Gasteiger partial charge in [-0.3, -0.25) is 0 Å². The van der Waals surface area contributed by atoms with Gasteiger partial charge in [0.1, 0.15) is 0 Å². The van der Waals surface area contributed by atoms with Crippen LogP contribution in [-0.2, 0) is 6.42 Å². The summed E-state index contributed by atoms with van der Waals surface area (Å²) in [6.45, 7) is 2.34. The van der Waals surface area contributed by atoms with Gasteiger partial charge in [0.2, 0.25) is 0 Å². The van der Waals surface area contributed by atoms with Gasteiger partial charge in [-0.05, 0) is 52.8 Å². The summed E-state index contributed by atoms with van der Waals surface area (Å²) in [6, 6.07) is 12.2. The smallest absolute Gasteiger partial charge is 0.328 e. The van der Waals surface area contributed by atoms with E-state index in [9.17, 15) is 8.78 Å². The van der Waals surface area contributed by atoms with Crippen molar-refractivity contribution in [2.45, 2.75) is 76.5 Å². The van der Waals surface area contributed by atoms with E-state index in [1.165, 1.54) is 31.2 Å². The molecule has 0 amide bonds. The zero-order valence-corrected chi connectivity index (χ0v) is 22.8. The minimum Gasteiger partial charge on any atom is -0.328 e. The van der Waals surface area contributed by atoms with Crippen LogP contribution >= 0.6 is 0 Å². The van der Waals surface area contributed by atoms with E-state index in [1.54, 1.807) is 6.07 Å². The van der Waals surface area contributed by atoms with Gasteiger partial charge >= 0.3 is 58.2 Å². The standard InChI is InChI=1S/C26H31F2.Rb/c1-18-7-11-20(12-8-18)21-13-9-19(10-14-21)17-23-15-16-24(26(28)25(23)27)22-5-3-2-4-6-22;/h2,9-10,13-16,18,20,22H,3-8,11-12,17H2,1H3;/q-1;+1. The molecule has 0 bridgehead atoms. The van der Waals surface area contributed by atoms with Gasteiger partial charge in [-0.1, -0.05) is 69.0 Å². The molecule has 2 aromatic rings. The van der Waals surface area contributed by atoms with Crippen LogP contribution in [-0.4, -0.2) is 0 Å². The molecule has 0 radical (unpaired) electrons. The van der Waals surface area contributed by atoms with Gasteiger partial charge in [-0.25, -0.2) is 8.78 Å².